The third-order valence-corrected chi connectivity index (χ3v) is 6.38. The minimum Gasteiger partial charge on any atom is -0.513 e. The number of aliphatic hydroxyl groups excluding tert-OH is 1. The highest BCUT2D eigenvalue weighted by atomic mass is 16.3. The van der Waals surface area contributed by atoms with Gasteiger partial charge in [-0.15, -0.1) is 0 Å². The monoisotopic (exact) mass is 434 g/mol. The predicted octanol–water partition coefficient (Wildman–Crippen LogP) is 11.4. The van der Waals surface area contributed by atoms with E-state index in [9.17, 15) is 5.11 Å². The van der Waals surface area contributed by atoms with Gasteiger partial charge < -0.3 is 5.11 Å². The normalized spacial score (nSPS) is 12.3. The molecule has 0 fully saturated rings. The minimum absolute atomic E-state index is 0.637. The fourth-order valence-corrected chi connectivity index (χ4v) is 4.20. The van der Waals surface area contributed by atoms with Crippen LogP contribution in [0.3, 0.4) is 0 Å². The molecule has 1 N–H and O–H groups in total. The highest BCUT2D eigenvalue weighted by molar-refractivity contribution is 4.90. The van der Waals surface area contributed by atoms with Crippen LogP contribution in [0, 0.1) is 0 Å². The van der Waals surface area contributed by atoms with Gasteiger partial charge in [0, 0.05) is 6.42 Å². The van der Waals surface area contributed by atoms with Crippen LogP contribution in [0.2, 0.25) is 0 Å². The standard InChI is InChI=1S/C30H58O/c1-3-5-7-9-11-13-14-15-16-17-18-19-21-23-25-27-29-30(31)28-26-24-22-20-12-10-8-6-4-2/h15-16,28,31H,3-14,17-27,29H2,1-2H3/b16-15-,30-28?. The first-order valence-electron chi connectivity index (χ1n) is 14.3. The summed E-state index contributed by atoms with van der Waals surface area (Å²) in [6.07, 6.45) is 38.5. The van der Waals surface area contributed by atoms with E-state index in [-0.39, 0.29) is 0 Å². The molecule has 0 heterocycles. The van der Waals surface area contributed by atoms with Crippen molar-refractivity contribution in [1.29, 1.82) is 0 Å². The second kappa shape index (κ2) is 27.3. The molecule has 0 saturated carbocycles. The molecule has 31 heavy (non-hydrogen) atoms. The van der Waals surface area contributed by atoms with Crippen LogP contribution in [-0.4, -0.2) is 5.11 Å². The van der Waals surface area contributed by atoms with Crippen molar-refractivity contribution in [3.8, 4) is 0 Å². The van der Waals surface area contributed by atoms with Gasteiger partial charge in [0.2, 0.25) is 0 Å². The largest absolute Gasteiger partial charge is 0.513 e. The first-order chi connectivity index (χ1) is 15.3. The lowest BCUT2D eigenvalue weighted by Gasteiger charge is -2.03. The van der Waals surface area contributed by atoms with Crippen molar-refractivity contribution in [2.45, 2.75) is 168 Å². The van der Waals surface area contributed by atoms with Gasteiger partial charge in [0.15, 0.2) is 0 Å². The summed E-state index contributed by atoms with van der Waals surface area (Å²) in [6.45, 7) is 4.56. The second-order valence-electron chi connectivity index (χ2n) is 9.65. The highest BCUT2D eigenvalue weighted by Crippen LogP contribution is 2.14. The van der Waals surface area contributed by atoms with Crippen LogP contribution in [0.1, 0.15) is 168 Å². The number of hydrogen-bond acceptors (Lipinski definition) is 1. The van der Waals surface area contributed by atoms with E-state index in [4.69, 9.17) is 0 Å². The van der Waals surface area contributed by atoms with Crippen LogP contribution in [0.25, 0.3) is 0 Å². The number of unbranched alkanes of at least 4 members (excludes halogenated alkanes) is 20. The Balaban J connectivity index is 3.26. The average molecular weight is 435 g/mol. The van der Waals surface area contributed by atoms with E-state index in [1.807, 2.05) is 0 Å². The van der Waals surface area contributed by atoms with Crippen molar-refractivity contribution in [3.63, 3.8) is 0 Å². The summed E-state index contributed by atoms with van der Waals surface area (Å²) in [5.74, 6) is 0.637. The molecule has 0 aromatic rings. The predicted molar refractivity (Wildman–Crippen MR) is 142 cm³/mol. The molecule has 0 bridgehead atoms. The molecule has 0 spiro atoms. The smallest absolute Gasteiger partial charge is 0.0882 e. The summed E-state index contributed by atoms with van der Waals surface area (Å²) in [6, 6.07) is 0. The lowest BCUT2D eigenvalue weighted by molar-refractivity contribution is 0.376. The molecule has 0 aliphatic carbocycles. The third-order valence-electron chi connectivity index (χ3n) is 6.38. The first-order valence-corrected chi connectivity index (χ1v) is 14.3. The molecule has 0 aromatic carbocycles. The Hall–Kier alpha value is -0.720. The van der Waals surface area contributed by atoms with Crippen molar-refractivity contribution in [3.05, 3.63) is 24.0 Å². The summed E-state index contributed by atoms with van der Waals surface area (Å²) in [5.41, 5.74) is 0. The van der Waals surface area contributed by atoms with E-state index in [1.54, 1.807) is 0 Å². The highest BCUT2D eigenvalue weighted by Gasteiger charge is 1.96. The Morgan fingerprint density at radius 2 is 0.806 bits per heavy atom. The number of allylic oxidation sites excluding steroid dienone is 4. The van der Waals surface area contributed by atoms with Crippen LogP contribution in [0.5, 0.6) is 0 Å². The van der Waals surface area contributed by atoms with Crippen LogP contribution in [-0.2, 0) is 0 Å². The lowest BCUT2D eigenvalue weighted by Crippen LogP contribution is -1.85. The quantitative estimate of drug-likeness (QED) is 0.0860. The molecule has 1 heteroatoms. The van der Waals surface area contributed by atoms with Crippen LogP contribution in [0.15, 0.2) is 24.0 Å². The van der Waals surface area contributed by atoms with E-state index in [1.165, 1.54) is 135 Å². The molecule has 0 amide bonds. The van der Waals surface area contributed by atoms with E-state index in [0.29, 0.717) is 5.76 Å². The van der Waals surface area contributed by atoms with E-state index in [2.05, 4.69) is 32.1 Å². The first kappa shape index (κ1) is 30.3. The van der Waals surface area contributed by atoms with Gasteiger partial charge in [-0.2, -0.15) is 0 Å². The SMILES string of the molecule is CCCCCCCC/C=C\CCCCCCCCC(O)=CCCCCCCCCCC. The van der Waals surface area contributed by atoms with Gasteiger partial charge in [-0.3, -0.25) is 0 Å². The summed E-state index contributed by atoms with van der Waals surface area (Å²) in [7, 11) is 0. The van der Waals surface area contributed by atoms with Gasteiger partial charge in [0.05, 0.1) is 5.76 Å². The Labute approximate surface area is 197 Å². The Bertz CT molecular complexity index is 382. The number of aliphatic hydroxyl groups is 1. The Morgan fingerprint density at radius 1 is 0.452 bits per heavy atom. The zero-order valence-electron chi connectivity index (χ0n) is 21.6. The van der Waals surface area contributed by atoms with Crippen LogP contribution >= 0.6 is 0 Å². The fraction of sp³-hybridized carbons (Fsp3) is 0.867. The molecule has 184 valence electrons. The van der Waals surface area contributed by atoms with Crippen molar-refractivity contribution < 1.29 is 5.11 Å². The Kier molecular flexibility index (Phi) is 26.7. The molecular formula is C30H58O. The maximum Gasteiger partial charge on any atom is 0.0882 e. The maximum atomic E-state index is 10.0. The lowest BCUT2D eigenvalue weighted by atomic mass is 10.1. The van der Waals surface area contributed by atoms with Crippen LogP contribution in [0.4, 0.5) is 0 Å². The molecule has 0 saturated heterocycles. The summed E-state index contributed by atoms with van der Waals surface area (Å²) < 4.78 is 0. The van der Waals surface area contributed by atoms with Gasteiger partial charge in [-0.05, 0) is 51.0 Å². The summed E-state index contributed by atoms with van der Waals surface area (Å²) in [4.78, 5) is 0. The molecule has 0 radical (unpaired) electrons. The molecular weight excluding hydrogens is 376 g/mol. The van der Waals surface area contributed by atoms with Gasteiger partial charge >= 0.3 is 0 Å². The molecule has 0 unspecified atom stereocenters. The summed E-state index contributed by atoms with van der Waals surface area (Å²) >= 11 is 0. The Morgan fingerprint density at radius 3 is 1.26 bits per heavy atom. The van der Waals surface area contributed by atoms with E-state index >= 15 is 0 Å². The molecule has 0 aliphatic rings. The molecule has 0 atom stereocenters. The van der Waals surface area contributed by atoms with Crippen molar-refractivity contribution >= 4 is 0 Å². The zero-order chi connectivity index (χ0) is 22.7. The van der Waals surface area contributed by atoms with Crippen LogP contribution < -0.4 is 0 Å². The fourth-order valence-electron chi connectivity index (χ4n) is 4.20. The third kappa shape index (κ3) is 27.2. The van der Waals surface area contributed by atoms with Gasteiger partial charge in [0.25, 0.3) is 0 Å². The van der Waals surface area contributed by atoms with Crippen molar-refractivity contribution in [1.82, 2.24) is 0 Å². The maximum absolute atomic E-state index is 10.0. The minimum atomic E-state index is 0.637. The number of hydrogen-bond donors (Lipinski definition) is 1. The zero-order valence-corrected chi connectivity index (χ0v) is 21.6. The van der Waals surface area contributed by atoms with Gasteiger partial charge in [-0.1, -0.05) is 129 Å². The summed E-state index contributed by atoms with van der Waals surface area (Å²) in [5, 5.41) is 10.0. The van der Waals surface area contributed by atoms with Crippen molar-refractivity contribution in [2.24, 2.45) is 0 Å². The molecule has 0 aliphatic heterocycles. The topological polar surface area (TPSA) is 20.2 Å². The number of rotatable bonds is 25. The van der Waals surface area contributed by atoms with E-state index < -0.39 is 0 Å². The second-order valence-corrected chi connectivity index (χ2v) is 9.65. The van der Waals surface area contributed by atoms with Gasteiger partial charge in [-0.25, -0.2) is 0 Å². The average Bonchev–Trinajstić information content (AvgIpc) is 2.77. The van der Waals surface area contributed by atoms with E-state index in [0.717, 1.165) is 19.3 Å². The van der Waals surface area contributed by atoms with Gasteiger partial charge in [0.1, 0.15) is 0 Å². The molecule has 1 nitrogen and oxygen atoms in total. The molecule has 0 aromatic heterocycles. The molecule has 0 rings (SSSR count). The van der Waals surface area contributed by atoms with Crippen molar-refractivity contribution in [2.75, 3.05) is 0 Å².